The van der Waals surface area contributed by atoms with Crippen LogP contribution in [0.5, 0.6) is 0 Å². The molecule has 0 spiro atoms. The van der Waals surface area contributed by atoms with Crippen LogP contribution in [-0.4, -0.2) is 53.5 Å². The molecule has 4 heteroatoms. The lowest BCUT2D eigenvalue weighted by atomic mass is 10.0. The molecule has 1 aliphatic heterocycles. The van der Waals surface area contributed by atoms with Gasteiger partial charge in [-0.2, -0.15) is 0 Å². The fourth-order valence-corrected chi connectivity index (χ4v) is 3.74. The minimum Gasteiger partial charge on any atom is -0.389 e. The van der Waals surface area contributed by atoms with E-state index >= 15 is 0 Å². The summed E-state index contributed by atoms with van der Waals surface area (Å²) >= 11 is 0. The number of aliphatic hydroxyl groups excluding tert-OH is 1. The number of carbonyl (C=O) groups is 1. The minimum absolute atomic E-state index is 0.136. The van der Waals surface area contributed by atoms with Gasteiger partial charge in [0.2, 0.25) is 0 Å². The molecule has 1 atom stereocenters. The lowest BCUT2D eigenvalue weighted by molar-refractivity contribution is 0.0632. The molecule has 1 heterocycles. The Morgan fingerprint density at radius 2 is 1.52 bits per heavy atom. The SMILES string of the molecule is C[C@H](O)c1ccc(-c2ccc(C(=O)N3CCN(CC4CC4)CC3)cc2)cc1. The number of amides is 1. The van der Waals surface area contributed by atoms with Gasteiger partial charge in [-0.15, -0.1) is 0 Å². The number of piperazine rings is 1. The summed E-state index contributed by atoms with van der Waals surface area (Å²) in [5.41, 5.74) is 3.84. The Hall–Kier alpha value is -2.17. The van der Waals surface area contributed by atoms with Crippen LogP contribution >= 0.6 is 0 Å². The van der Waals surface area contributed by atoms with Crippen molar-refractivity contribution in [3.05, 3.63) is 59.7 Å². The minimum atomic E-state index is -0.455. The van der Waals surface area contributed by atoms with E-state index in [1.165, 1.54) is 19.4 Å². The van der Waals surface area contributed by atoms with Crippen LogP contribution in [0.15, 0.2) is 48.5 Å². The number of rotatable bonds is 5. The molecule has 0 unspecified atom stereocenters. The van der Waals surface area contributed by atoms with E-state index in [2.05, 4.69) is 4.90 Å². The molecule has 0 aromatic heterocycles. The van der Waals surface area contributed by atoms with Crippen molar-refractivity contribution in [3.63, 3.8) is 0 Å². The van der Waals surface area contributed by atoms with E-state index in [4.69, 9.17) is 0 Å². The van der Waals surface area contributed by atoms with Gasteiger partial charge in [0.15, 0.2) is 0 Å². The molecule has 2 aromatic carbocycles. The molecule has 1 N–H and O–H groups in total. The Labute approximate surface area is 161 Å². The summed E-state index contributed by atoms with van der Waals surface area (Å²) in [6.07, 6.45) is 2.31. The molecule has 2 aliphatic rings. The molecule has 2 fully saturated rings. The van der Waals surface area contributed by atoms with Crippen molar-refractivity contribution in [2.45, 2.75) is 25.9 Å². The smallest absolute Gasteiger partial charge is 0.253 e. The largest absolute Gasteiger partial charge is 0.389 e. The first-order valence-electron chi connectivity index (χ1n) is 10.0. The van der Waals surface area contributed by atoms with E-state index in [1.807, 2.05) is 53.4 Å². The third-order valence-electron chi connectivity index (χ3n) is 5.73. The number of hydrogen-bond donors (Lipinski definition) is 1. The first-order chi connectivity index (χ1) is 13.1. The highest BCUT2D eigenvalue weighted by molar-refractivity contribution is 5.94. The van der Waals surface area contributed by atoms with Gasteiger partial charge >= 0.3 is 0 Å². The van der Waals surface area contributed by atoms with Crippen LogP contribution in [0.1, 0.15) is 41.8 Å². The molecule has 4 rings (SSSR count). The summed E-state index contributed by atoms with van der Waals surface area (Å²) < 4.78 is 0. The Morgan fingerprint density at radius 1 is 0.963 bits per heavy atom. The molecule has 4 nitrogen and oxygen atoms in total. The lowest BCUT2D eigenvalue weighted by Crippen LogP contribution is -2.49. The molecule has 0 radical (unpaired) electrons. The van der Waals surface area contributed by atoms with E-state index in [1.54, 1.807) is 6.92 Å². The molecule has 1 saturated heterocycles. The number of carbonyl (C=O) groups excluding carboxylic acids is 1. The quantitative estimate of drug-likeness (QED) is 0.882. The van der Waals surface area contributed by atoms with Crippen LogP contribution in [0.3, 0.4) is 0 Å². The van der Waals surface area contributed by atoms with Crippen LogP contribution < -0.4 is 0 Å². The van der Waals surface area contributed by atoms with Crippen molar-refractivity contribution in [2.24, 2.45) is 5.92 Å². The standard InChI is InChI=1S/C23H28N2O2/c1-17(26)19-4-6-20(7-5-19)21-8-10-22(11-9-21)23(27)25-14-12-24(13-15-25)16-18-2-3-18/h4-11,17-18,26H,2-3,12-16H2,1H3/t17-/m0/s1. The van der Waals surface area contributed by atoms with Gasteiger partial charge in [-0.3, -0.25) is 9.69 Å². The van der Waals surface area contributed by atoms with E-state index < -0.39 is 6.10 Å². The van der Waals surface area contributed by atoms with Crippen LogP contribution in [0.4, 0.5) is 0 Å². The molecule has 1 amide bonds. The van der Waals surface area contributed by atoms with Gasteiger partial charge in [0, 0.05) is 38.3 Å². The van der Waals surface area contributed by atoms with Crippen LogP contribution in [0.25, 0.3) is 11.1 Å². The number of hydrogen-bond acceptors (Lipinski definition) is 3. The van der Waals surface area contributed by atoms with Crippen LogP contribution in [-0.2, 0) is 0 Å². The van der Waals surface area contributed by atoms with Gasteiger partial charge in [0.1, 0.15) is 0 Å². The summed E-state index contributed by atoms with van der Waals surface area (Å²) in [5, 5.41) is 9.62. The zero-order valence-corrected chi connectivity index (χ0v) is 16.0. The van der Waals surface area contributed by atoms with Gasteiger partial charge in [0.05, 0.1) is 6.10 Å². The normalized spacial score (nSPS) is 19.1. The Kier molecular flexibility index (Phi) is 5.28. The Balaban J connectivity index is 1.37. The van der Waals surface area contributed by atoms with Gasteiger partial charge < -0.3 is 10.0 Å². The molecule has 2 aromatic rings. The predicted octanol–water partition coefficient (Wildman–Crippen LogP) is 3.57. The first-order valence-corrected chi connectivity index (χ1v) is 10.0. The second-order valence-electron chi connectivity index (χ2n) is 7.91. The molecule has 1 aliphatic carbocycles. The fraction of sp³-hybridized carbons (Fsp3) is 0.435. The number of benzene rings is 2. The monoisotopic (exact) mass is 364 g/mol. The van der Waals surface area contributed by atoms with E-state index in [-0.39, 0.29) is 5.91 Å². The average Bonchev–Trinajstić information content (AvgIpc) is 3.52. The van der Waals surface area contributed by atoms with Gasteiger partial charge in [-0.1, -0.05) is 36.4 Å². The Morgan fingerprint density at radius 3 is 2.04 bits per heavy atom. The van der Waals surface area contributed by atoms with E-state index in [9.17, 15) is 9.90 Å². The zero-order valence-electron chi connectivity index (χ0n) is 16.0. The molecular weight excluding hydrogens is 336 g/mol. The second kappa shape index (κ2) is 7.83. The van der Waals surface area contributed by atoms with Crippen molar-refractivity contribution in [1.29, 1.82) is 0 Å². The van der Waals surface area contributed by atoms with Crippen molar-refractivity contribution in [1.82, 2.24) is 9.80 Å². The molecule has 1 saturated carbocycles. The van der Waals surface area contributed by atoms with Crippen molar-refractivity contribution < 1.29 is 9.90 Å². The number of aliphatic hydroxyl groups is 1. The third kappa shape index (κ3) is 4.40. The lowest BCUT2D eigenvalue weighted by Gasteiger charge is -2.34. The molecule has 0 bridgehead atoms. The maximum absolute atomic E-state index is 12.8. The maximum atomic E-state index is 12.8. The number of nitrogens with zero attached hydrogens (tertiary/aromatic N) is 2. The topological polar surface area (TPSA) is 43.8 Å². The summed E-state index contributed by atoms with van der Waals surface area (Å²) in [5.74, 6) is 1.05. The molecular formula is C23H28N2O2. The third-order valence-corrected chi connectivity index (χ3v) is 5.73. The van der Waals surface area contributed by atoms with Crippen molar-refractivity contribution in [3.8, 4) is 11.1 Å². The van der Waals surface area contributed by atoms with Crippen molar-refractivity contribution in [2.75, 3.05) is 32.7 Å². The van der Waals surface area contributed by atoms with E-state index in [0.29, 0.717) is 0 Å². The average molecular weight is 364 g/mol. The van der Waals surface area contributed by atoms with Crippen LogP contribution in [0.2, 0.25) is 0 Å². The van der Waals surface area contributed by atoms with Gasteiger partial charge in [-0.05, 0) is 54.5 Å². The summed E-state index contributed by atoms with van der Waals surface area (Å²) in [4.78, 5) is 17.3. The summed E-state index contributed by atoms with van der Waals surface area (Å²) in [7, 11) is 0. The van der Waals surface area contributed by atoms with E-state index in [0.717, 1.165) is 54.4 Å². The highest BCUT2D eigenvalue weighted by Crippen LogP contribution is 2.30. The fourth-order valence-electron chi connectivity index (χ4n) is 3.74. The molecule has 142 valence electrons. The second-order valence-corrected chi connectivity index (χ2v) is 7.91. The first kappa shape index (κ1) is 18.2. The Bertz CT molecular complexity index is 771. The zero-order chi connectivity index (χ0) is 18.8. The highest BCUT2D eigenvalue weighted by atomic mass is 16.3. The maximum Gasteiger partial charge on any atom is 0.253 e. The van der Waals surface area contributed by atoms with Gasteiger partial charge in [0.25, 0.3) is 5.91 Å². The predicted molar refractivity (Wildman–Crippen MR) is 108 cm³/mol. The summed E-state index contributed by atoms with van der Waals surface area (Å²) in [6, 6.07) is 15.8. The molecule has 27 heavy (non-hydrogen) atoms. The van der Waals surface area contributed by atoms with Crippen molar-refractivity contribution >= 4 is 5.91 Å². The van der Waals surface area contributed by atoms with Crippen LogP contribution in [0, 0.1) is 5.92 Å². The summed E-state index contributed by atoms with van der Waals surface area (Å²) in [6.45, 7) is 6.62. The van der Waals surface area contributed by atoms with Gasteiger partial charge in [-0.25, -0.2) is 0 Å². The highest BCUT2D eigenvalue weighted by Gasteiger charge is 2.27.